The topological polar surface area (TPSA) is 70.6 Å². The monoisotopic (exact) mass is 329 g/mol. The van der Waals surface area contributed by atoms with E-state index in [9.17, 15) is 9.59 Å². The van der Waals surface area contributed by atoms with E-state index in [0.29, 0.717) is 10.7 Å². The molecule has 0 aliphatic heterocycles. The Morgan fingerprint density at radius 2 is 1.70 bits per heavy atom. The van der Waals surface area contributed by atoms with Gasteiger partial charge >= 0.3 is 11.8 Å². The minimum Gasteiger partial charge on any atom is -0.318 e. The maximum absolute atomic E-state index is 11.7. The van der Waals surface area contributed by atoms with Gasteiger partial charge in [0.05, 0.1) is 6.21 Å². The first kappa shape index (κ1) is 16.7. The molecule has 0 spiro atoms. The first-order valence-electron chi connectivity index (χ1n) is 7.07. The molecule has 0 aliphatic carbocycles. The molecule has 23 heavy (non-hydrogen) atoms. The molecular formula is C17H16ClN3O2. The summed E-state index contributed by atoms with van der Waals surface area (Å²) in [4.78, 5) is 23.3. The highest BCUT2D eigenvalue weighted by Gasteiger charge is 2.12. The second-order valence-electron chi connectivity index (χ2n) is 4.76. The predicted molar refractivity (Wildman–Crippen MR) is 91.6 cm³/mol. The van der Waals surface area contributed by atoms with Crippen molar-refractivity contribution < 1.29 is 9.59 Å². The Balaban J connectivity index is 1.86. The Morgan fingerprint density at radius 1 is 1.04 bits per heavy atom. The number of carbonyl (C=O) groups is 2. The van der Waals surface area contributed by atoms with Gasteiger partial charge in [-0.05, 0) is 41.8 Å². The average Bonchev–Trinajstić information content (AvgIpc) is 2.57. The first-order chi connectivity index (χ1) is 11.1. The van der Waals surface area contributed by atoms with Gasteiger partial charge in [-0.3, -0.25) is 9.59 Å². The number of aryl methyl sites for hydroxylation is 1. The molecule has 0 unspecified atom stereocenters. The second-order valence-corrected chi connectivity index (χ2v) is 5.19. The maximum atomic E-state index is 11.7. The summed E-state index contributed by atoms with van der Waals surface area (Å²) >= 11 is 5.75. The molecule has 0 radical (unpaired) electrons. The van der Waals surface area contributed by atoms with Gasteiger partial charge in [0.25, 0.3) is 0 Å². The highest BCUT2D eigenvalue weighted by molar-refractivity contribution is 6.39. The van der Waals surface area contributed by atoms with E-state index in [1.165, 1.54) is 11.8 Å². The number of amides is 2. The van der Waals surface area contributed by atoms with Crippen LogP contribution in [-0.4, -0.2) is 18.0 Å². The van der Waals surface area contributed by atoms with Gasteiger partial charge in [-0.25, -0.2) is 5.43 Å². The minimum absolute atomic E-state index is 0.480. The lowest BCUT2D eigenvalue weighted by Gasteiger charge is -2.03. The molecule has 0 saturated heterocycles. The Kier molecular flexibility index (Phi) is 5.88. The molecule has 6 heteroatoms. The predicted octanol–water partition coefficient (Wildman–Crippen LogP) is 2.99. The summed E-state index contributed by atoms with van der Waals surface area (Å²) in [6.07, 6.45) is 2.44. The van der Waals surface area contributed by atoms with Crippen molar-refractivity contribution in [2.75, 3.05) is 5.32 Å². The zero-order valence-corrected chi connectivity index (χ0v) is 13.3. The van der Waals surface area contributed by atoms with Crippen molar-refractivity contribution in [2.24, 2.45) is 5.10 Å². The van der Waals surface area contributed by atoms with Gasteiger partial charge in [0.15, 0.2) is 0 Å². The van der Waals surface area contributed by atoms with Crippen LogP contribution in [0.25, 0.3) is 0 Å². The van der Waals surface area contributed by atoms with E-state index in [0.717, 1.165) is 12.0 Å². The molecule has 2 amide bonds. The fourth-order valence-electron chi connectivity index (χ4n) is 1.78. The summed E-state index contributed by atoms with van der Waals surface area (Å²) in [5, 5.41) is 6.76. The molecule has 0 bridgehead atoms. The van der Waals surface area contributed by atoms with Crippen LogP contribution in [0.2, 0.25) is 5.02 Å². The van der Waals surface area contributed by atoms with Crippen LogP contribution in [0, 0.1) is 0 Å². The molecule has 0 fully saturated rings. The Labute approximate surface area is 139 Å². The lowest BCUT2D eigenvalue weighted by atomic mass is 10.1. The van der Waals surface area contributed by atoms with Crippen molar-refractivity contribution >= 4 is 35.3 Å². The number of carbonyl (C=O) groups excluding carboxylic acids is 2. The largest absolute Gasteiger partial charge is 0.329 e. The van der Waals surface area contributed by atoms with Crippen molar-refractivity contribution in [3.8, 4) is 0 Å². The normalized spacial score (nSPS) is 10.5. The molecule has 5 nitrogen and oxygen atoms in total. The van der Waals surface area contributed by atoms with E-state index in [1.807, 2.05) is 24.3 Å². The molecule has 2 aromatic carbocycles. The Bertz CT molecular complexity index is 710. The SMILES string of the molecule is CCc1ccc(/C=N\NC(=O)C(=O)Nc2ccc(Cl)cc2)cc1. The van der Waals surface area contributed by atoms with Crippen molar-refractivity contribution in [3.63, 3.8) is 0 Å². The molecule has 2 rings (SSSR count). The average molecular weight is 330 g/mol. The zero-order chi connectivity index (χ0) is 16.7. The fourth-order valence-corrected chi connectivity index (χ4v) is 1.90. The molecule has 2 N–H and O–H groups in total. The summed E-state index contributed by atoms with van der Waals surface area (Å²) in [6.45, 7) is 2.07. The number of halogens is 1. The van der Waals surface area contributed by atoms with Crippen LogP contribution in [0.3, 0.4) is 0 Å². The third-order valence-corrected chi connectivity index (χ3v) is 3.33. The number of benzene rings is 2. The van der Waals surface area contributed by atoms with Gasteiger partial charge in [-0.15, -0.1) is 0 Å². The smallest absolute Gasteiger partial charge is 0.318 e. The van der Waals surface area contributed by atoms with Crippen LogP contribution in [0.15, 0.2) is 53.6 Å². The summed E-state index contributed by atoms with van der Waals surface area (Å²) in [7, 11) is 0. The number of hydrogen-bond donors (Lipinski definition) is 2. The van der Waals surface area contributed by atoms with Crippen molar-refractivity contribution in [3.05, 3.63) is 64.7 Å². The lowest BCUT2D eigenvalue weighted by molar-refractivity contribution is -0.136. The van der Waals surface area contributed by atoms with E-state index in [2.05, 4.69) is 22.8 Å². The Morgan fingerprint density at radius 3 is 2.30 bits per heavy atom. The fraction of sp³-hybridized carbons (Fsp3) is 0.118. The third-order valence-electron chi connectivity index (χ3n) is 3.08. The number of hydrogen-bond acceptors (Lipinski definition) is 3. The highest BCUT2D eigenvalue weighted by Crippen LogP contribution is 2.13. The second kappa shape index (κ2) is 8.10. The molecule has 0 atom stereocenters. The van der Waals surface area contributed by atoms with Gasteiger partial charge in [0.1, 0.15) is 0 Å². The third kappa shape index (κ3) is 5.23. The van der Waals surface area contributed by atoms with Crippen molar-refractivity contribution in [2.45, 2.75) is 13.3 Å². The van der Waals surface area contributed by atoms with Gasteiger partial charge in [0.2, 0.25) is 0 Å². The molecule has 118 valence electrons. The molecule has 0 heterocycles. The van der Waals surface area contributed by atoms with Crippen LogP contribution in [-0.2, 0) is 16.0 Å². The number of rotatable bonds is 4. The maximum Gasteiger partial charge on any atom is 0.329 e. The summed E-state index contributed by atoms with van der Waals surface area (Å²) in [5.41, 5.74) is 4.71. The number of nitrogens with zero attached hydrogens (tertiary/aromatic N) is 1. The van der Waals surface area contributed by atoms with Crippen LogP contribution >= 0.6 is 11.6 Å². The molecule has 2 aromatic rings. The van der Waals surface area contributed by atoms with Crippen LogP contribution in [0.4, 0.5) is 5.69 Å². The molecule has 0 saturated carbocycles. The zero-order valence-electron chi connectivity index (χ0n) is 12.5. The number of hydrazone groups is 1. The van der Waals surface area contributed by atoms with Crippen molar-refractivity contribution in [1.82, 2.24) is 5.43 Å². The van der Waals surface area contributed by atoms with Crippen LogP contribution < -0.4 is 10.7 Å². The Hall–Kier alpha value is -2.66. The minimum atomic E-state index is -0.846. The molecular weight excluding hydrogens is 314 g/mol. The number of anilines is 1. The highest BCUT2D eigenvalue weighted by atomic mass is 35.5. The summed E-state index contributed by atoms with van der Waals surface area (Å²) in [5.74, 6) is -1.65. The van der Waals surface area contributed by atoms with Crippen LogP contribution in [0.1, 0.15) is 18.1 Å². The van der Waals surface area contributed by atoms with E-state index < -0.39 is 11.8 Å². The lowest BCUT2D eigenvalue weighted by Crippen LogP contribution is -2.32. The van der Waals surface area contributed by atoms with Gasteiger partial charge in [-0.2, -0.15) is 5.10 Å². The van der Waals surface area contributed by atoms with E-state index >= 15 is 0 Å². The van der Waals surface area contributed by atoms with Gasteiger partial charge < -0.3 is 5.32 Å². The molecule has 0 aliphatic rings. The standard InChI is InChI=1S/C17H16ClN3O2/c1-2-12-3-5-13(6-4-12)11-19-21-17(23)16(22)20-15-9-7-14(18)8-10-15/h3-11H,2H2,1H3,(H,20,22)(H,21,23)/b19-11-. The van der Waals surface area contributed by atoms with Gasteiger partial charge in [-0.1, -0.05) is 42.8 Å². The first-order valence-corrected chi connectivity index (χ1v) is 7.45. The summed E-state index contributed by atoms with van der Waals surface area (Å²) in [6, 6.07) is 14.2. The van der Waals surface area contributed by atoms with E-state index in [4.69, 9.17) is 11.6 Å². The van der Waals surface area contributed by atoms with Crippen LogP contribution in [0.5, 0.6) is 0 Å². The van der Waals surface area contributed by atoms with Crippen molar-refractivity contribution in [1.29, 1.82) is 0 Å². The number of nitrogens with one attached hydrogen (secondary N) is 2. The quantitative estimate of drug-likeness (QED) is 0.514. The van der Waals surface area contributed by atoms with Gasteiger partial charge in [0, 0.05) is 10.7 Å². The summed E-state index contributed by atoms with van der Waals surface area (Å²) < 4.78 is 0. The van der Waals surface area contributed by atoms with E-state index in [1.54, 1.807) is 24.3 Å². The molecule has 0 aromatic heterocycles. The van der Waals surface area contributed by atoms with E-state index in [-0.39, 0.29) is 0 Å².